The molecule has 4 amide bonds. The first kappa shape index (κ1) is 24.1. The van der Waals surface area contributed by atoms with Gasteiger partial charge in [0.25, 0.3) is 5.91 Å². The monoisotopic (exact) mass is 482 g/mol. The van der Waals surface area contributed by atoms with Crippen LogP contribution < -0.4 is 16.1 Å². The zero-order chi connectivity index (χ0) is 24.8. The number of nitrogens with one attached hydrogen (secondary N) is 3. The number of amides is 4. The lowest BCUT2D eigenvalue weighted by Crippen LogP contribution is -2.65. The molecule has 4 aliphatic carbocycles. The molecule has 190 valence electrons. The first-order valence-electron chi connectivity index (χ1n) is 12.9. The second-order valence-electron chi connectivity index (χ2n) is 12.3. The van der Waals surface area contributed by atoms with Crippen molar-refractivity contribution in [2.45, 2.75) is 70.8 Å². The maximum absolute atomic E-state index is 13.0. The van der Waals surface area contributed by atoms with Gasteiger partial charge in [-0.3, -0.25) is 14.4 Å². The highest BCUT2D eigenvalue weighted by Gasteiger charge is 2.60. The summed E-state index contributed by atoms with van der Waals surface area (Å²) in [7, 11) is 1.42. The van der Waals surface area contributed by atoms with Gasteiger partial charge in [-0.25, -0.2) is 10.3 Å². The Labute approximate surface area is 207 Å². The third-order valence-electron chi connectivity index (χ3n) is 8.75. The molecule has 5 aliphatic rings. The molecule has 35 heavy (non-hydrogen) atoms. The van der Waals surface area contributed by atoms with E-state index in [1.807, 2.05) is 0 Å². The molecule has 0 radical (unpaired) electrons. The fourth-order valence-electron chi connectivity index (χ4n) is 8.40. The summed E-state index contributed by atoms with van der Waals surface area (Å²) in [5.74, 6) is 0.390. The molecule has 8 heteroatoms. The Balaban J connectivity index is 1.15. The Bertz CT molecular complexity index is 983. The molecule has 8 nitrogen and oxygen atoms in total. The number of likely N-dealkylation sites (tertiary alicyclic amines) is 1. The Kier molecular flexibility index (Phi) is 6.06. The van der Waals surface area contributed by atoms with Crippen molar-refractivity contribution in [1.29, 1.82) is 0 Å². The third kappa shape index (κ3) is 4.90. The van der Waals surface area contributed by atoms with Crippen LogP contribution in [0.2, 0.25) is 0 Å². The molecule has 1 heterocycles. The molecule has 0 aromatic heterocycles. The minimum Gasteiger partial charge on any atom is -0.339 e. The lowest BCUT2D eigenvalue weighted by molar-refractivity contribution is -0.136. The summed E-state index contributed by atoms with van der Waals surface area (Å²) in [6.07, 6.45) is 8.30. The van der Waals surface area contributed by atoms with Crippen molar-refractivity contribution in [3.63, 3.8) is 0 Å². The molecule has 1 aromatic carbocycles. The molecule has 4 bridgehead atoms. The molecular formula is C27H38N4O4. The summed E-state index contributed by atoms with van der Waals surface area (Å²) in [5, 5.41) is 6.35. The second kappa shape index (κ2) is 8.80. The largest absolute Gasteiger partial charge is 0.339 e. The van der Waals surface area contributed by atoms with Crippen LogP contribution in [0.25, 0.3) is 0 Å². The van der Waals surface area contributed by atoms with E-state index in [2.05, 4.69) is 30.0 Å². The SMILES string of the molecule is CONC(=O)C1CCN(C(=O)c2ccc(NC(=O)NC34CC5C[C@@](C)(C3)C[C@](C)(C5)C4)cc2)CC1. The highest BCUT2D eigenvalue weighted by molar-refractivity contribution is 5.96. The highest BCUT2D eigenvalue weighted by atomic mass is 16.6. The standard InChI is InChI=1S/C27H38N4O4/c1-25-12-18-13-26(2,15-25)17-27(14-18,16-25)29-24(34)28-21-6-4-20(5-7-21)23(33)31-10-8-19(9-11-31)22(32)30-35-3/h4-7,18-19H,8-17H2,1-3H3,(H,30,32)(H2,28,29,34)/t18?,25-,26+,27?. The lowest BCUT2D eigenvalue weighted by Gasteiger charge is -2.65. The number of urea groups is 1. The van der Waals surface area contributed by atoms with Gasteiger partial charge < -0.3 is 15.5 Å². The molecule has 6 rings (SSSR count). The van der Waals surface area contributed by atoms with Crippen molar-refractivity contribution >= 4 is 23.5 Å². The van der Waals surface area contributed by atoms with E-state index in [1.54, 1.807) is 29.2 Å². The van der Waals surface area contributed by atoms with Gasteiger partial charge in [0.1, 0.15) is 0 Å². The first-order chi connectivity index (χ1) is 16.6. The van der Waals surface area contributed by atoms with Crippen molar-refractivity contribution in [3.8, 4) is 0 Å². The van der Waals surface area contributed by atoms with Crippen molar-refractivity contribution in [1.82, 2.24) is 15.7 Å². The summed E-state index contributed by atoms with van der Waals surface area (Å²) >= 11 is 0. The second-order valence-corrected chi connectivity index (χ2v) is 12.3. The molecule has 1 aromatic rings. The maximum atomic E-state index is 13.0. The van der Waals surface area contributed by atoms with Gasteiger partial charge in [0.2, 0.25) is 5.91 Å². The quantitative estimate of drug-likeness (QED) is 0.551. The van der Waals surface area contributed by atoms with E-state index in [0.29, 0.717) is 53.9 Å². The fraction of sp³-hybridized carbons (Fsp3) is 0.667. The number of nitrogens with zero attached hydrogens (tertiary/aromatic N) is 1. The minimum atomic E-state index is -0.158. The third-order valence-corrected chi connectivity index (χ3v) is 8.75. The van der Waals surface area contributed by atoms with E-state index in [1.165, 1.54) is 26.4 Å². The van der Waals surface area contributed by atoms with Gasteiger partial charge in [0.15, 0.2) is 0 Å². The van der Waals surface area contributed by atoms with Crippen LogP contribution in [0, 0.1) is 22.7 Å². The minimum absolute atomic E-state index is 0.0540. The zero-order valence-corrected chi connectivity index (χ0v) is 21.1. The molecule has 4 saturated carbocycles. The van der Waals surface area contributed by atoms with E-state index in [-0.39, 0.29) is 29.3 Å². The summed E-state index contributed by atoms with van der Waals surface area (Å²) in [6, 6.07) is 6.93. The molecule has 0 spiro atoms. The zero-order valence-electron chi connectivity index (χ0n) is 21.1. The summed E-state index contributed by atoms with van der Waals surface area (Å²) in [5.41, 5.74) is 4.21. The van der Waals surface area contributed by atoms with Crippen molar-refractivity contribution < 1.29 is 19.2 Å². The van der Waals surface area contributed by atoms with Gasteiger partial charge in [0, 0.05) is 35.8 Å². The molecular weight excluding hydrogens is 444 g/mol. The van der Waals surface area contributed by atoms with Crippen LogP contribution in [0.15, 0.2) is 24.3 Å². The topological polar surface area (TPSA) is 99.8 Å². The Morgan fingerprint density at radius 3 is 2.14 bits per heavy atom. The van der Waals surface area contributed by atoms with Crippen molar-refractivity contribution in [2.75, 3.05) is 25.5 Å². The van der Waals surface area contributed by atoms with Gasteiger partial charge in [-0.1, -0.05) is 13.8 Å². The van der Waals surface area contributed by atoms with Crippen molar-refractivity contribution in [3.05, 3.63) is 29.8 Å². The number of carbonyl (C=O) groups is 3. The first-order valence-corrected chi connectivity index (χ1v) is 12.9. The highest BCUT2D eigenvalue weighted by Crippen LogP contribution is 2.66. The van der Waals surface area contributed by atoms with E-state index in [9.17, 15) is 14.4 Å². The van der Waals surface area contributed by atoms with Crippen LogP contribution in [-0.2, 0) is 9.63 Å². The van der Waals surface area contributed by atoms with E-state index < -0.39 is 0 Å². The van der Waals surface area contributed by atoms with E-state index in [4.69, 9.17) is 4.84 Å². The number of piperidine rings is 1. The Hall–Kier alpha value is -2.61. The van der Waals surface area contributed by atoms with Crippen molar-refractivity contribution in [2.24, 2.45) is 22.7 Å². The van der Waals surface area contributed by atoms with Gasteiger partial charge in [0.05, 0.1) is 7.11 Å². The summed E-state index contributed by atoms with van der Waals surface area (Å²) < 4.78 is 0. The van der Waals surface area contributed by atoms with Crippen LogP contribution in [0.3, 0.4) is 0 Å². The number of benzene rings is 1. The Morgan fingerprint density at radius 1 is 0.943 bits per heavy atom. The molecule has 1 aliphatic heterocycles. The average molecular weight is 483 g/mol. The molecule has 5 fully saturated rings. The molecule has 1 saturated heterocycles. The summed E-state index contributed by atoms with van der Waals surface area (Å²) in [4.78, 5) is 44.3. The number of rotatable bonds is 5. The maximum Gasteiger partial charge on any atom is 0.319 e. The number of carbonyl (C=O) groups excluding carboxylic acids is 3. The predicted molar refractivity (Wildman–Crippen MR) is 133 cm³/mol. The number of hydrogen-bond donors (Lipinski definition) is 3. The van der Waals surface area contributed by atoms with Crippen LogP contribution in [0.1, 0.15) is 75.6 Å². The normalized spacial score (nSPS) is 33.9. The molecule has 2 unspecified atom stereocenters. The fourth-order valence-corrected chi connectivity index (χ4v) is 8.40. The van der Waals surface area contributed by atoms with Gasteiger partial charge in [-0.15, -0.1) is 0 Å². The van der Waals surface area contributed by atoms with E-state index in [0.717, 1.165) is 19.3 Å². The average Bonchev–Trinajstić information content (AvgIpc) is 2.76. The molecule has 3 N–H and O–H groups in total. The smallest absolute Gasteiger partial charge is 0.319 e. The van der Waals surface area contributed by atoms with Gasteiger partial charge in [-0.2, -0.15) is 0 Å². The summed E-state index contributed by atoms with van der Waals surface area (Å²) in [6.45, 7) is 5.86. The predicted octanol–water partition coefficient (Wildman–Crippen LogP) is 4.09. The van der Waals surface area contributed by atoms with Crippen LogP contribution in [0.5, 0.6) is 0 Å². The van der Waals surface area contributed by atoms with Crippen LogP contribution >= 0.6 is 0 Å². The number of anilines is 1. The van der Waals surface area contributed by atoms with Crippen LogP contribution in [-0.4, -0.2) is 48.5 Å². The van der Waals surface area contributed by atoms with Gasteiger partial charge in [-0.05, 0) is 92.4 Å². The lowest BCUT2D eigenvalue weighted by atomic mass is 9.43. The number of hydrogen-bond acceptors (Lipinski definition) is 4. The van der Waals surface area contributed by atoms with E-state index >= 15 is 0 Å². The Morgan fingerprint density at radius 2 is 1.57 bits per heavy atom. The van der Waals surface area contributed by atoms with Crippen LogP contribution in [0.4, 0.5) is 10.5 Å². The number of hydroxylamine groups is 1. The van der Waals surface area contributed by atoms with Gasteiger partial charge >= 0.3 is 6.03 Å². The molecule has 4 atom stereocenters.